The second kappa shape index (κ2) is 5.68. The van der Waals surface area contributed by atoms with E-state index in [0.717, 1.165) is 11.5 Å². The zero-order valence-electron chi connectivity index (χ0n) is 11.7. The van der Waals surface area contributed by atoms with Crippen molar-refractivity contribution in [2.24, 2.45) is 7.05 Å². The van der Waals surface area contributed by atoms with Gasteiger partial charge in [0.15, 0.2) is 5.82 Å². The molecule has 2 heterocycles. The van der Waals surface area contributed by atoms with Gasteiger partial charge in [0.05, 0.1) is 12.1 Å². The minimum absolute atomic E-state index is 0.157. The number of carbonyl (C=O) groups is 1. The molecule has 0 amide bonds. The van der Waals surface area contributed by atoms with Crippen molar-refractivity contribution >= 4 is 11.8 Å². The summed E-state index contributed by atoms with van der Waals surface area (Å²) in [7, 11) is 1.84. The SMILES string of the molecule is CC(C)c1cc(C(=O)O)cc(NCc2nncn2C)n1. The van der Waals surface area contributed by atoms with Crippen LogP contribution in [0.25, 0.3) is 0 Å². The molecular weight excluding hydrogens is 258 g/mol. The summed E-state index contributed by atoms with van der Waals surface area (Å²) >= 11 is 0. The van der Waals surface area contributed by atoms with Crippen molar-refractivity contribution in [1.82, 2.24) is 19.7 Å². The standard InChI is InChI=1S/C13H17N5O2/c1-8(2)10-4-9(13(19)20)5-11(16-10)14-6-12-17-15-7-18(12)3/h4-5,7-8H,6H2,1-3H3,(H,14,16)(H,19,20). The second-order valence-electron chi connectivity index (χ2n) is 4.84. The molecule has 0 radical (unpaired) electrons. The van der Waals surface area contributed by atoms with E-state index in [2.05, 4.69) is 20.5 Å². The van der Waals surface area contributed by atoms with Gasteiger partial charge < -0.3 is 15.0 Å². The molecule has 0 aliphatic heterocycles. The number of pyridine rings is 1. The molecule has 0 aromatic carbocycles. The van der Waals surface area contributed by atoms with Gasteiger partial charge in [-0.25, -0.2) is 9.78 Å². The summed E-state index contributed by atoms with van der Waals surface area (Å²) in [6.07, 6.45) is 1.61. The number of nitrogens with zero attached hydrogens (tertiary/aromatic N) is 4. The lowest BCUT2D eigenvalue weighted by atomic mass is 10.1. The molecule has 7 nitrogen and oxygen atoms in total. The first-order valence-corrected chi connectivity index (χ1v) is 6.29. The molecule has 0 spiro atoms. The maximum absolute atomic E-state index is 11.1. The first kappa shape index (κ1) is 14.0. The van der Waals surface area contributed by atoms with Crippen LogP contribution in [-0.2, 0) is 13.6 Å². The monoisotopic (exact) mass is 275 g/mol. The highest BCUT2D eigenvalue weighted by atomic mass is 16.4. The molecule has 0 saturated carbocycles. The van der Waals surface area contributed by atoms with Gasteiger partial charge in [0.25, 0.3) is 0 Å². The number of carboxylic acid groups (broad SMARTS) is 1. The predicted octanol–water partition coefficient (Wildman–Crippen LogP) is 1.64. The number of aromatic nitrogens is 4. The fourth-order valence-electron chi connectivity index (χ4n) is 1.70. The van der Waals surface area contributed by atoms with E-state index in [1.54, 1.807) is 17.0 Å². The molecule has 20 heavy (non-hydrogen) atoms. The van der Waals surface area contributed by atoms with Crippen molar-refractivity contribution in [2.45, 2.75) is 26.3 Å². The van der Waals surface area contributed by atoms with Gasteiger partial charge in [-0.2, -0.15) is 0 Å². The van der Waals surface area contributed by atoms with Gasteiger partial charge in [-0.3, -0.25) is 0 Å². The van der Waals surface area contributed by atoms with Crippen molar-refractivity contribution in [3.8, 4) is 0 Å². The van der Waals surface area contributed by atoms with Crippen molar-refractivity contribution < 1.29 is 9.90 Å². The molecule has 2 N–H and O–H groups in total. The van der Waals surface area contributed by atoms with Crippen LogP contribution in [0.5, 0.6) is 0 Å². The Morgan fingerprint density at radius 2 is 2.20 bits per heavy atom. The van der Waals surface area contributed by atoms with E-state index in [1.807, 2.05) is 20.9 Å². The molecule has 7 heteroatoms. The Morgan fingerprint density at radius 1 is 1.45 bits per heavy atom. The molecule has 2 aromatic heterocycles. The Hall–Kier alpha value is -2.44. The van der Waals surface area contributed by atoms with E-state index in [9.17, 15) is 4.79 Å². The summed E-state index contributed by atoms with van der Waals surface area (Å²) in [6, 6.07) is 3.12. The Bertz CT molecular complexity index is 621. The third-order valence-corrected chi connectivity index (χ3v) is 2.92. The molecule has 0 bridgehead atoms. The van der Waals surface area contributed by atoms with Gasteiger partial charge in [0.1, 0.15) is 12.1 Å². The summed E-state index contributed by atoms with van der Waals surface area (Å²) in [5.74, 6) is 0.468. The van der Waals surface area contributed by atoms with Crippen LogP contribution in [0.2, 0.25) is 0 Å². The van der Waals surface area contributed by atoms with Crippen LogP contribution >= 0.6 is 0 Å². The lowest BCUT2D eigenvalue weighted by Crippen LogP contribution is -2.09. The molecule has 2 aromatic rings. The lowest BCUT2D eigenvalue weighted by Gasteiger charge is -2.10. The van der Waals surface area contributed by atoms with Crippen LogP contribution in [0, 0.1) is 0 Å². The average Bonchev–Trinajstić information content (AvgIpc) is 2.81. The number of rotatable bonds is 5. The first-order valence-electron chi connectivity index (χ1n) is 6.29. The third-order valence-electron chi connectivity index (χ3n) is 2.92. The van der Waals surface area contributed by atoms with Crippen molar-refractivity contribution in [3.63, 3.8) is 0 Å². The van der Waals surface area contributed by atoms with E-state index in [4.69, 9.17) is 5.11 Å². The second-order valence-corrected chi connectivity index (χ2v) is 4.84. The van der Waals surface area contributed by atoms with Crippen LogP contribution in [0.4, 0.5) is 5.82 Å². The zero-order chi connectivity index (χ0) is 14.7. The van der Waals surface area contributed by atoms with Crippen LogP contribution < -0.4 is 5.32 Å². The summed E-state index contributed by atoms with van der Waals surface area (Å²) < 4.78 is 1.79. The Balaban J connectivity index is 2.22. The van der Waals surface area contributed by atoms with Crippen LogP contribution in [0.15, 0.2) is 18.5 Å². The molecule has 0 saturated heterocycles. The Morgan fingerprint density at radius 3 is 2.75 bits per heavy atom. The van der Waals surface area contributed by atoms with Gasteiger partial charge in [0.2, 0.25) is 0 Å². The molecule has 0 atom stereocenters. The number of nitrogens with one attached hydrogen (secondary N) is 1. The van der Waals surface area contributed by atoms with Crippen molar-refractivity contribution in [3.05, 3.63) is 35.5 Å². The number of hydrogen-bond acceptors (Lipinski definition) is 5. The molecule has 0 unspecified atom stereocenters. The molecular formula is C13H17N5O2. The van der Waals surface area contributed by atoms with E-state index in [0.29, 0.717) is 12.4 Å². The maximum atomic E-state index is 11.1. The predicted molar refractivity (Wildman–Crippen MR) is 73.6 cm³/mol. The van der Waals surface area contributed by atoms with Gasteiger partial charge in [-0.1, -0.05) is 13.8 Å². The highest BCUT2D eigenvalue weighted by Gasteiger charge is 2.11. The average molecular weight is 275 g/mol. The highest BCUT2D eigenvalue weighted by Crippen LogP contribution is 2.18. The Kier molecular flexibility index (Phi) is 3.97. The molecule has 106 valence electrons. The summed E-state index contributed by atoms with van der Waals surface area (Å²) in [5.41, 5.74) is 0.967. The number of carboxylic acids is 1. The molecule has 0 aliphatic rings. The smallest absolute Gasteiger partial charge is 0.335 e. The van der Waals surface area contributed by atoms with Crippen molar-refractivity contribution in [1.29, 1.82) is 0 Å². The molecule has 0 fully saturated rings. The van der Waals surface area contributed by atoms with E-state index in [1.165, 1.54) is 6.07 Å². The summed E-state index contributed by atoms with van der Waals surface area (Å²) in [4.78, 5) is 15.5. The molecule has 2 rings (SSSR count). The fourth-order valence-corrected chi connectivity index (χ4v) is 1.70. The van der Waals surface area contributed by atoms with E-state index < -0.39 is 5.97 Å². The third kappa shape index (κ3) is 3.11. The first-order chi connectivity index (χ1) is 9.47. The van der Waals surface area contributed by atoms with Crippen molar-refractivity contribution in [2.75, 3.05) is 5.32 Å². The van der Waals surface area contributed by atoms with Gasteiger partial charge in [-0.15, -0.1) is 10.2 Å². The number of hydrogen-bond donors (Lipinski definition) is 2. The van der Waals surface area contributed by atoms with Crippen LogP contribution in [0.3, 0.4) is 0 Å². The summed E-state index contributed by atoms with van der Waals surface area (Å²) in [6.45, 7) is 4.38. The van der Waals surface area contributed by atoms with Gasteiger partial charge in [0, 0.05) is 12.7 Å². The number of anilines is 1. The van der Waals surface area contributed by atoms with Gasteiger partial charge in [-0.05, 0) is 18.1 Å². The highest BCUT2D eigenvalue weighted by molar-refractivity contribution is 5.88. The summed E-state index contributed by atoms with van der Waals surface area (Å²) in [5, 5.41) is 19.9. The minimum Gasteiger partial charge on any atom is -0.478 e. The van der Waals surface area contributed by atoms with E-state index >= 15 is 0 Å². The quantitative estimate of drug-likeness (QED) is 0.861. The van der Waals surface area contributed by atoms with Crippen LogP contribution in [-0.4, -0.2) is 30.8 Å². The number of aryl methyl sites for hydroxylation is 1. The Labute approximate surface area is 116 Å². The lowest BCUT2D eigenvalue weighted by molar-refractivity contribution is 0.0696. The van der Waals surface area contributed by atoms with E-state index in [-0.39, 0.29) is 11.5 Å². The van der Waals surface area contributed by atoms with Crippen LogP contribution in [0.1, 0.15) is 41.6 Å². The normalized spacial score (nSPS) is 10.8. The number of aromatic carboxylic acids is 1. The topological polar surface area (TPSA) is 92.9 Å². The minimum atomic E-state index is -0.962. The van der Waals surface area contributed by atoms with Gasteiger partial charge >= 0.3 is 5.97 Å². The zero-order valence-corrected chi connectivity index (χ0v) is 11.7. The molecule has 0 aliphatic carbocycles. The fraction of sp³-hybridized carbons (Fsp3) is 0.385. The largest absolute Gasteiger partial charge is 0.478 e. The maximum Gasteiger partial charge on any atom is 0.335 e.